The molecule has 1 aliphatic rings. The molecule has 1 heterocycles. The minimum atomic E-state index is -0.116. The fourth-order valence-corrected chi connectivity index (χ4v) is 2.41. The Morgan fingerprint density at radius 2 is 1.74 bits per heavy atom. The SMILES string of the molecule is CC1=NN(c2ccccc2)C(=O)/C1=C\C=C\c1ccc(Cl)cc1. The summed E-state index contributed by atoms with van der Waals surface area (Å²) in [6.45, 7) is 1.84. The molecular formula is C19H15ClN2O. The predicted molar refractivity (Wildman–Crippen MR) is 95.6 cm³/mol. The number of hydrogen-bond acceptors (Lipinski definition) is 2. The number of amides is 1. The highest BCUT2D eigenvalue weighted by molar-refractivity contribution is 6.30. The van der Waals surface area contributed by atoms with Crippen molar-refractivity contribution in [1.82, 2.24) is 0 Å². The summed E-state index contributed by atoms with van der Waals surface area (Å²) in [4.78, 5) is 12.5. The van der Waals surface area contributed by atoms with Crippen LogP contribution in [0.5, 0.6) is 0 Å². The highest BCUT2D eigenvalue weighted by atomic mass is 35.5. The number of benzene rings is 2. The summed E-state index contributed by atoms with van der Waals surface area (Å²) in [5.41, 5.74) is 3.09. The molecule has 0 bridgehead atoms. The molecule has 0 spiro atoms. The Kier molecular flexibility index (Phi) is 4.40. The summed E-state index contributed by atoms with van der Waals surface area (Å²) in [7, 11) is 0. The van der Waals surface area contributed by atoms with Crippen LogP contribution in [-0.4, -0.2) is 11.6 Å². The lowest BCUT2D eigenvalue weighted by atomic mass is 10.1. The molecule has 0 unspecified atom stereocenters. The van der Waals surface area contributed by atoms with Gasteiger partial charge in [-0.1, -0.05) is 54.1 Å². The molecule has 3 rings (SSSR count). The number of allylic oxidation sites excluding steroid dienone is 2. The van der Waals surface area contributed by atoms with Crippen LogP contribution in [-0.2, 0) is 4.79 Å². The van der Waals surface area contributed by atoms with Gasteiger partial charge in [-0.15, -0.1) is 0 Å². The zero-order valence-corrected chi connectivity index (χ0v) is 13.4. The highest BCUT2D eigenvalue weighted by Gasteiger charge is 2.27. The summed E-state index contributed by atoms with van der Waals surface area (Å²) in [6.07, 6.45) is 5.57. The van der Waals surface area contributed by atoms with Crippen molar-refractivity contribution in [2.45, 2.75) is 6.92 Å². The summed E-state index contributed by atoms with van der Waals surface area (Å²) < 4.78 is 0. The predicted octanol–water partition coefficient (Wildman–Crippen LogP) is 4.70. The van der Waals surface area contributed by atoms with Crippen molar-refractivity contribution in [3.63, 3.8) is 0 Å². The van der Waals surface area contributed by atoms with E-state index < -0.39 is 0 Å². The van der Waals surface area contributed by atoms with E-state index >= 15 is 0 Å². The van der Waals surface area contributed by atoms with Crippen molar-refractivity contribution < 1.29 is 4.79 Å². The molecule has 0 N–H and O–H groups in total. The number of nitrogens with zero attached hydrogens (tertiary/aromatic N) is 2. The first-order valence-corrected chi connectivity index (χ1v) is 7.62. The number of halogens is 1. The molecule has 0 radical (unpaired) electrons. The summed E-state index contributed by atoms with van der Waals surface area (Å²) >= 11 is 5.86. The molecule has 0 aliphatic carbocycles. The largest absolute Gasteiger partial charge is 0.280 e. The fraction of sp³-hybridized carbons (Fsp3) is 0.0526. The smallest absolute Gasteiger partial charge is 0.267 e. The number of anilines is 1. The Morgan fingerprint density at radius 1 is 1.04 bits per heavy atom. The quantitative estimate of drug-likeness (QED) is 0.754. The van der Waals surface area contributed by atoms with Crippen LogP contribution in [0.2, 0.25) is 5.02 Å². The molecule has 2 aromatic rings. The summed E-state index contributed by atoms with van der Waals surface area (Å²) in [5.74, 6) is -0.116. The van der Waals surface area contributed by atoms with E-state index in [1.807, 2.05) is 73.7 Å². The van der Waals surface area contributed by atoms with Gasteiger partial charge in [-0.05, 0) is 42.8 Å². The maximum atomic E-state index is 12.5. The third kappa shape index (κ3) is 3.41. The van der Waals surface area contributed by atoms with Crippen LogP contribution >= 0.6 is 11.6 Å². The van der Waals surface area contributed by atoms with Crippen LogP contribution in [0.4, 0.5) is 5.69 Å². The lowest BCUT2D eigenvalue weighted by molar-refractivity contribution is -0.114. The van der Waals surface area contributed by atoms with Gasteiger partial charge in [-0.2, -0.15) is 10.1 Å². The van der Waals surface area contributed by atoms with Crippen LogP contribution in [0.15, 0.2) is 77.4 Å². The summed E-state index contributed by atoms with van der Waals surface area (Å²) in [6, 6.07) is 16.9. The Hall–Kier alpha value is -2.65. The van der Waals surface area contributed by atoms with Gasteiger partial charge in [0.2, 0.25) is 0 Å². The minimum absolute atomic E-state index is 0.116. The highest BCUT2D eigenvalue weighted by Crippen LogP contribution is 2.23. The van der Waals surface area contributed by atoms with Gasteiger partial charge in [-0.25, -0.2) is 0 Å². The van der Waals surface area contributed by atoms with E-state index in [1.54, 1.807) is 6.08 Å². The van der Waals surface area contributed by atoms with Crippen molar-refractivity contribution in [3.8, 4) is 0 Å². The van der Waals surface area contributed by atoms with Crippen molar-refractivity contribution in [2.24, 2.45) is 5.10 Å². The third-order valence-electron chi connectivity index (χ3n) is 3.48. The lowest BCUT2D eigenvalue weighted by Crippen LogP contribution is -2.21. The van der Waals surface area contributed by atoms with Gasteiger partial charge in [0.1, 0.15) is 0 Å². The second kappa shape index (κ2) is 6.63. The average Bonchev–Trinajstić information content (AvgIpc) is 2.85. The van der Waals surface area contributed by atoms with E-state index in [0.717, 1.165) is 11.3 Å². The molecule has 0 saturated carbocycles. The van der Waals surface area contributed by atoms with Crippen LogP contribution in [0.3, 0.4) is 0 Å². The topological polar surface area (TPSA) is 32.7 Å². The number of rotatable bonds is 3. The van der Waals surface area contributed by atoms with E-state index in [1.165, 1.54) is 5.01 Å². The Balaban J connectivity index is 1.79. The number of para-hydroxylation sites is 1. The van der Waals surface area contributed by atoms with E-state index in [9.17, 15) is 4.79 Å². The zero-order chi connectivity index (χ0) is 16.2. The summed E-state index contributed by atoms with van der Waals surface area (Å²) in [5, 5.41) is 6.47. The molecule has 4 heteroatoms. The Bertz CT molecular complexity index is 805. The molecule has 0 aromatic heterocycles. The third-order valence-corrected chi connectivity index (χ3v) is 3.74. The first kappa shape index (κ1) is 15.3. The van der Waals surface area contributed by atoms with Crippen LogP contribution in [0, 0.1) is 0 Å². The molecule has 0 atom stereocenters. The van der Waals surface area contributed by atoms with Gasteiger partial charge in [0.25, 0.3) is 5.91 Å². The Morgan fingerprint density at radius 3 is 2.43 bits per heavy atom. The number of carbonyl (C=O) groups is 1. The van der Waals surface area contributed by atoms with Crippen molar-refractivity contribution in [1.29, 1.82) is 0 Å². The van der Waals surface area contributed by atoms with Crippen molar-refractivity contribution in [3.05, 3.63) is 82.9 Å². The molecule has 0 fully saturated rings. The van der Waals surface area contributed by atoms with Crippen LogP contribution < -0.4 is 5.01 Å². The zero-order valence-electron chi connectivity index (χ0n) is 12.6. The van der Waals surface area contributed by atoms with Gasteiger partial charge in [0, 0.05) is 5.02 Å². The molecule has 1 amide bonds. The number of hydrogen-bond donors (Lipinski definition) is 0. The van der Waals surface area contributed by atoms with E-state index in [4.69, 9.17) is 11.6 Å². The van der Waals surface area contributed by atoms with Gasteiger partial charge < -0.3 is 0 Å². The first-order chi connectivity index (χ1) is 11.1. The van der Waals surface area contributed by atoms with E-state index in [-0.39, 0.29) is 5.91 Å². The monoisotopic (exact) mass is 322 g/mol. The van der Waals surface area contributed by atoms with Crippen LogP contribution in [0.1, 0.15) is 12.5 Å². The first-order valence-electron chi connectivity index (χ1n) is 7.24. The minimum Gasteiger partial charge on any atom is -0.267 e. The molecule has 1 aliphatic heterocycles. The Labute approximate surface area is 140 Å². The van der Waals surface area contributed by atoms with Crippen LogP contribution in [0.25, 0.3) is 6.08 Å². The standard InChI is InChI=1S/C19H15ClN2O/c1-14-18(9-5-6-15-10-12-16(20)13-11-15)19(23)22(21-14)17-7-3-2-4-8-17/h2-13H,1H3/b6-5+,18-9-. The molecule has 23 heavy (non-hydrogen) atoms. The van der Waals surface area contributed by atoms with Gasteiger partial charge in [-0.3, -0.25) is 4.79 Å². The normalized spacial score (nSPS) is 16.4. The average molecular weight is 323 g/mol. The molecule has 3 nitrogen and oxygen atoms in total. The number of hydrazone groups is 1. The molecule has 2 aromatic carbocycles. The maximum absolute atomic E-state index is 12.5. The van der Waals surface area contributed by atoms with Gasteiger partial charge >= 0.3 is 0 Å². The second-order valence-corrected chi connectivity index (χ2v) is 5.57. The lowest BCUT2D eigenvalue weighted by Gasteiger charge is -2.10. The van der Waals surface area contributed by atoms with Crippen molar-refractivity contribution >= 4 is 35.0 Å². The fourth-order valence-electron chi connectivity index (χ4n) is 2.28. The molecule has 0 saturated heterocycles. The van der Waals surface area contributed by atoms with Crippen molar-refractivity contribution in [2.75, 3.05) is 5.01 Å². The van der Waals surface area contributed by atoms with Gasteiger partial charge in [0.05, 0.1) is 17.0 Å². The van der Waals surface area contributed by atoms with Gasteiger partial charge in [0.15, 0.2) is 0 Å². The second-order valence-electron chi connectivity index (χ2n) is 5.13. The molecular weight excluding hydrogens is 308 g/mol. The van der Waals surface area contributed by atoms with E-state index in [2.05, 4.69) is 5.10 Å². The number of carbonyl (C=O) groups excluding carboxylic acids is 1. The maximum Gasteiger partial charge on any atom is 0.280 e. The van der Waals surface area contributed by atoms with E-state index in [0.29, 0.717) is 16.3 Å². The molecule has 114 valence electrons.